The van der Waals surface area contributed by atoms with Crippen LogP contribution in [0, 0.1) is 0 Å². The Bertz CT molecular complexity index is 732. The van der Waals surface area contributed by atoms with E-state index >= 15 is 0 Å². The minimum Gasteiger partial charge on any atom is -0.337 e. The average molecular weight is 321 g/mol. The van der Waals surface area contributed by atoms with Crippen molar-refractivity contribution in [2.24, 2.45) is 5.14 Å². The zero-order valence-electron chi connectivity index (χ0n) is 11.6. The minimum absolute atomic E-state index is 0.0598. The van der Waals surface area contributed by atoms with Gasteiger partial charge in [0, 0.05) is 18.9 Å². The summed E-state index contributed by atoms with van der Waals surface area (Å²) in [6, 6.07) is 5.79. The molecule has 0 spiro atoms. The van der Waals surface area contributed by atoms with Gasteiger partial charge in [-0.3, -0.25) is 10.3 Å². The first-order valence-corrected chi connectivity index (χ1v) is 7.92. The van der Waals surface area contributed by atoms with E-state index in [0.29, 0.717) is 18.8 Å². The van der Waals surface area contributed by atoms with E-state index in [9.17, 15) is 13.2 Å². The summed E-state index contributed by atoms with van der Waals surface area (Å²) in [6.45, 7) is 0.390. The van der Waals surface area contributed by atoms with Gasteiger partial charge >= 0.3 is 6.03 Å². The van der Waals surface area contributed by atoms with E-state index in [4.69, 9.17) is 5.14 Å². The third kappa shape index (κ3) is 4.79. The number of nitrogens with one attached hydrogen (secondary N) is 2. The van der Waals surface area contributed by atoms with Crippen molar-refractivity contribution in [3.63, 3.8) is 0 Å². The summed E-state index contributed by atoms with van der Waals surface area (Å²) in [4.78, 5) is 19.4. The minimum atomic E-state index is -3.68. The van der Waals surface area contributed by atoms with Crippen molar-refractivity contribution in [3.8, 4) is 0 Å². The fourth-order valence-corrected chi connectivity index (χ4v) is 2.21. The third-order valence-electron chi connectivity index (χ3n) is 2.76. The van der Waals surface area contributed by atoms with Crippen LogP contribution in [0.4, 0.5) is 10.6 Å². The number of urea groups is 1. The Hall–Kier alpha value is -2.52. The number of benzene rings is 1. The molecule has 1 aromatic carbocycles. The lowest BCUT2D eigenvalue weighted by Gasteiger charge is -2.07. The second-order valence-corrected chi connectivity index (χ2v) is 5.97. The van der Waals surface area contributed by atoms with Crippen molar-refractivity contribution in [1.29, 1.82) is 0 Å². The van der Waals surface area contributed by atoms with Crippen molar-refractivity contribution in [2.45, 2.75) is 11.3 Å². The smallest absolute Gasteiger partial charge is 0.320 e. The highest BCUT2D eigenvalue weighted by atomic mass is 32.2. The number of rotatable bonds is 5. The lowest BCUT2D eigenvalue weighted by molar-refractivity contribution is 0.252. The van der Waals surface area contributed by atoms with Gasteiger partial charge in [-0.2, -0.15) is 0 Å². The average Bonchev–Trinajstić information content (AvgIpc) is 2.48. The number of carbonyl (C=O) groups excluding carboxylic acids is 1. The second-order valence-electron chi connectivity index (χ2n) is 4.41. The number of nitrogens with two attached hydrogens (primary N) is 1. The number of aromatic nitrogens is 2. The van der Waals surface area contributed by atoms with Crippen LogP contribution < -0.4 is 15.8 Å². The fourth-order valence-electron chi connectivity index (χ4n) is 1.69. The zero-order valence-corrected chi connectivity index (χ0v) is 12.4. The summed E-state index contributed by atoms with van der Waals surface area (Å²) in [7, 11) is -3.68. The van der Waals surface area contributed by atoms with Crippen molar-refractivity contribution in [2.75, 3.05) is 11.9 Å². The summed E-state index contributed by atoms with van der Waals surface area (Å²) in [5.41, 5.74) is 0.882. The molecule has 0 radical (unpaired) electrons. The first kappa shape index (κ1) is 15.9. The summed E-state index contributed by atoms with van der Waals surface area (Å²) < 4.78 is 22.2. The highest BCUT2D eigenvalue weighted by molar-refractivity contribution is 7.89. The maximum Gasteiger partial charge on any atom is 0.320 e. The molecule has 2 rings (SSSR count). The van der Waals surface area contributed by atoms with Gasteiger partial charge in [-0.05, 0) is 24.1 Å². The van der Waals surface area contributed by atoms with E-state index in [1.54, 1.807) is 12.1 Å². The molecule has 1 aromatic heterocycles. The van der Waals surface area contributed by atoms with Crippen LogP contribution in [0.5, 0.6) is 0 Å². The topological polar surface area (TPSA) is 127 Å². The number of nitrogens with zero attached hydrogens (tertiary/aromatic N) is 2. The number of sulfonamides is 1. The van der Waals surface area contributed by atoms with E-state index in [0.717, 1.165) is 5.56 Å². The third-order valence-corrected chi connectivity index (χ3v) is 3.69. The normalized spacial score (nSPS) is 11.0. The summed E-state index contributed by atoms with van der Waals surface area (Å²) in [5.74, 6) is 0.359. The molecule has 8 nitrogen and oxygen atoms in total. The molecule has 0 aliphatic heterocycles. The van der Waals surface area contributed by atoms with Gasteiger partial charge in [0.15, 0.2) is 5.82 Å². The Morgan fingerprint density at radius 3 is 2.50 bits per heavy atom. The quantitative estimate of drug-likeness (QED) is 0.738. The monoisotopic (exact) mass is 321 g/mol. The number of anilines is 1. The van der Waals surface area contributed by atoms with Crippen molar-refractivity contribution in [1.82, 2.24) is 15.3 Å². The molecule has 0 aliphatic carbocycles. The van der Waals surface area contributed by atoms with Gasteiger partial charge < -0.3 is 5.32 Å². The van der Waals surface area contributed by atoms with Crippen LogP contribution in [0.2, 0.25) is 0 Å². The molecule has 0 unspecified atom stereocenters. The van der Waals surface area contributed by atoms with E-state index in [1.807, 2.05) is 0 Å². The highest BCUT2D eigenvalue weighted by Crippen LogP contribution is 2.08. The van der Waals surface area contributed by atoms with E-state index in [-0.39, 0.29) is 10.9 Å². The standard InChI is InChI=1S/C13H15N5O3S/c14-22(20,21)11-3-1-10(2-4-11)5-6-17-13(19)18-12-9-15-7-8-16-12/h1-4,7-9H,5-6H2,(H2,14,20,21)(H2,16,17,18,19). The molecule has 0 atom stereocenters. The molecule has 0 saturated carbocycles. The lowest BCUT2D eigenvalue weighted by atomic mass is 10.1. The van der Waals surface area contributed by atoms with Gasteiger partial charge in [0.25, 0.3) is 0 Å². The van der Waals surface area contributed by atoms with Crippen LogP contribution in [0.15, 0.2) is 47.8 Å². The first-order chi connectivity index (χ1) is 10.4. The summed E-state index contributed by atoms with van der Waals surface area (Å²) in [6.07, 6.45) is 4.97. The van der Waals surface area contributed by atoms with Crippen LogP contribution in [-0.4, -0.2) is 31.0 Å². The summed E-state index contributed by atoms with van der Waals surface area (Å²) in [5, 5.41) is 10.2. The molecule has 0 bridgehead atoms. The van der Waals surface area contributed by atoms with Crippen LogP contribution in [0.25, 0.3) is 0 Å². The first-order valence-electron chi connectivity index (χ1n) is 6.38. The largest absolute Gasteiger partial charge is 0.337 e. The van der Waals surface area contributed by atoms with E-state index < -0.39 is 10.0 Å². The molecule has 0 saturated heterocycles. The molecule has 2 aromatic rings. The maximum atomic E-state index is 11.6. The van der Waals surface area contributed by atoms with Crippen LogP contribution in [-0.2, 0) is 16.4 Å². The molecule has 1 heterocycles. The SMILES string of the molecule is NS(=O)(=O)c1ccc(CCNC(=O)Nc2cnccn2)cc1. The van der Waals surface area contributed by atoms with Gasteiger partial charge in [0.2, 0.25) is 10.0 Å². The molecule has 9 heteroatoms. The van der Waals surface area contributed by atoms with Crippen LogP contribution >= 0.6 is 0 Å². The Kier molecular flexibility index (Phi) is 5.02. The molecule has 116 valence electrons. The van der Waals surface area contributed by atoms with E-state index in [1.165, 1.54) is 30.7 Å². The molecule has 4 N–H and O–H groups in total. The van der Waals surface area contributed by atoms with E-state index in [2.05, 4.69) is 20.6 Å². The molecular formula is C13H15N5O3S. The van der Waals surface area contributed by atoms with Gasteiger partial charge in [-0.1, -0.05) is 12.1 Å². The predicted octanol–water partition coefficient (Wildman–Crippen LogP) is 0.488. The molecule has 22 heavy (non-hydrogen) atoms. The Morgan fingerprint density at radius 2 is 1.91 bits per heavy atom. The number of amides is 2. The molecule has 0 fully saturated rings. The Balaban J connectivity index is 1.80. The number of primary sulfonamides is 1. The fraction of sp³-hybridized carbons (Fsp3) is 0.154. The van der Waals surface area contributed by atoms with Crippen LogP contribution in [0.3, 0.4) is 0 Å². The summed E-state index contributed by atoms with van der Waals surface area (Å²) >= 11 is 0. The Morgan fingerprint density at radius 1 is 1.18 bits per heavy atom. The van der Waals surface area contributed by atoms with Gasteiger partial charge in [0.1, 0.15) is 0 Å². The van der Waals surface area contributed by atoms with Gasteiger partial charge in [-0.15, -0.1) is 0 Å². The molecule has 0 aliphatic rings. The van der Waals surface area contributed by atoms with Crippen LogP contribution in [0.1, 0.15) is 5.56 Å². The van der Waals surface area contributed by atoms with Crippen molar-refractivity contribution < 1.29 is 13.2 Å². The number of hydrogen-bond donors (Lipinski definition) is 3. The zero-order chi connectivity index (χ0) is 16.0. The number of carbonyl (C=O) groups is 1. The Labute approximate surface area is 127 Å². The molecule has 2 amide bonds. The van der Waals surface area contributed by atoms with Gasteiger partial charge in [-0.25, -0.2) is 23.3 Å². The predicted molar refractivity (Wildman–Crippen MR) is 80.6 cm³/mol. The second kappa shape index (κ2) is 6.96. The van der Waals surface area contributed by atoms with Gasteiger partial charge in [0.05, 0.1) is 11.1 Å². The highest BCUT2D eigenvalue weighted by Gasteiger charge is 2.07. The van der Waals surface area contributed by atoms with Crippen molar-refractivity contribution >= 4 is 21.9 Å². The lowest BCUT2D eigenvalue weighted by Crippen LogP contribution is -2.30. The number of hydrogen-bond acceptors (Lipinski definition) is 5. The molecular weight excluding hydrogens is 306 g/mol. The van der Waals surface area contributed by atoms with Crippen molar-refractivity contribution in [3.05, 3.63) is 48.4 Å². The maximum absolute atomic E-state index is 11.6.